The molecule has 0 aliphatic carbocycles. The first kappa shape index (κ1) is 12.1. The number of phenolic OH excluding ortho intramolecular Hbond substituents is 1. The Labute approximate surface area is 111 Å². The Bertz CT molecular complexity index is 575. The van der Waals surface area contributed by atoms with Crippen LogP contribution in [0.5, 0.6) is 5.75 Å². The van der Waals surface area contributed by atoms with Gasteiger partial charge in [0, 0.05) is 10.4 Å². The Kier molecular flexibility index (Phi) is 3.48. The molecule has 0 spiro atoms. The lowest BCUT2D eigenvalue weighted by atomic mass is 10.0. The quantitative estimate of drug-likeness (QED) is 0.895. The fourth-order valence-corrected chi connectivity index (χ4v) is 2.76. The van der Waals surface area contributed by atoms with Crippen molar-refractivity contribution in [3.8, 4) is 11.8 Å². The van der Waals surface area contributed by atoms with Crippen LogP contribution in [0.15, 0.2) is 34.1 Å². The van der Waals surface area contributed by atoms with Gasteiger partial charge in [-0.05, 0) is 39.5 Å². The third-order valence-corrected chi connectivity index (χ3v) is 3.97. The molecule has 0 saturated carbocycles. The van der Waals surface area contributed by atoms with E-state index in [1.165, 1.54) is 11.3 Å². The normalized spacial score (nSPS) is 12.1. The third-order valence-electron chi connectivity index (χ3n) is 2.41. The summed E-state index contributed by atoms with van der Waals surface area (Å²) in [6.45, 7) is 0. The summed E-state index contributed by atoms with van der Waals surface area (Å²) < 4.78 is 0.485. The minimum atomic E-state index is -0.417. The molecular weight excluding hydrogens is 300 g/mol. The Morgan fingerprint density at radius 1 is 1.47 bits per heavy atom. The molecule has 2 rings (SSSR count). The lowest BCUT2D eigenvalue weighted by Crippen LogP contribution is -2.10. The van der Waals surface area contributed by atoms with Crippen LogP contribution in [-0.2, 0) is 0 Å². The van der Waals surface area contributed by atoms with Crippen LogP contribution < -0.4 is 5.73 Å². The van der Waals surface area contributed by atoms with Crippen LogP contribution in [-0.4, -0.2) is 5.11 Å². The van der Waals surface area contributed by atoms with Crippen LogP contribution in [0.4, 0.5) is 0 Å². The number of nitriles is 1. The number of nitrogens with zero attached hydrogens (tertiary/aromatic N) is 1. The molecule has 1 aromatic carbocycles. The summed E-state index contributed by atoms with van der Waals surface area (Å²) in [5.74, 6) is 0.0879. The van der Waals surface area contributed by atoms with Crippen LogP contribution in [0.1, 0.15) is 22.0 Å². The highest BCUT2D eigenvalue weighted by molar-refractivity contribution is 9.10. The number of benzene rings is 1. The van der Waals surface area contributed by atoms with Crippen molar-refractivity contribution in [2.45, 2.75) is 6.04 Å². The number of thiophene rings is 1. The molecule has 0 aliphatic rings. The smallest absolute Gasteiger partial charge is 0.134 e. The molecule has 1 atom stereocenters. The largest absolute Gasteiger partial charge is 0.506 e. The molecular formula is C12H9BrN2OS. The molecule has 0 unspecified atom stereocenters. The SMILES string of the molecule is N#Cc1cc(Br)c(O)c([C@H](N)c2cccs2)c1. The van der Waals surface area contributed by atoms with Crippen molar-refractivity contribution in [3.63, 3.8) is 0 Å². The summed E-state index contributed by atoms with van der Waals surface area (Å²) in [6, 6.07) is 8.62. The average Bonchev–Trinajstić information content (AvgIpc) is 2.85. The van der Waals surface area contributed by atoms with Gasteiger partial charge in [-0.2, -0.15) is 5.26 Å². The average molecular weight is 309 g/mol. The van der Waals surface area contributed by atoms with Gasteiger partial charge in [-0.3, -0.25) is 0 Å². The van der Waals surface area contributed by atoms with E-state index in [2.05, 4.69) is 15.9 Å². The van der Waals surface area contributed by atoms with Crippen molar-refractivity contribution >= 4 is 27.3 Å². The number of halogens is 1. The lowest BCUT2D eigenvalue weighted by Gasteiger charge is -2.13. The van der Waals surface area contributed by atoms with Crippen molar-refractivity contribution in [2.75, 3.05) is 0 Å². The molecule has 0 amide bonds. The van der Waals surface area contributed by atoms with Crippen molar-refractivity contribution in [1.82, 2.24) is 0 Å². The van der Waals surface area contributed by atoms with Gasteiger partial charge in [0.15, 0.2) is 0 Å². The van der Waals surface area contributed by atoms with E-state index in [0.29, 0.717) is 15.6 Å². The van der Waals surface area contributed by atoms with Gasteiger partial charge in [0.05, 0.1) is 22.1 Å². The second kappa shape index (κ2) is 4.88. The fourth-order valence-electron chi connectivity index (χ4n) is 1.54. The molecule has 3 nitrogen and oxygen atoms in total. The highest BCUT2D eigenvalue weighted by Gasteiger charge is 2.17. The number of hydrogen-bond donors (Lipinski definition) is 2. The number of aromatic hydroxyl groups is 1. The number of rotatable bonds is 2. The summed E-state index contributed by atoms with van der Waals surface area (Å²) in [4.78, 5) is 0.947. The molecule has 17 heavy (non-hydrogen) atoms. The van der Waals surface area contributed by atoms with Crippen molar-refractivity contribution in [3.05, 3.63) is 50.1 Å². The monoisotopic (exact) mass is 308 g/mol. The second-order valence-corrected chi connectivity index (χ2v) is 5.33. The van der Waals surface area contributed by atoms with Crippen LogP contribution in [0.2, 0.25) is 0 Å². The first-order chi connectivity index (χ1) is 8.13. The molecule has 5 heteroatoms. The Morgan fingerprint density at radius 2 is 2.24 bits per heavy atom. The minimum Gasteiger partial charge on any atom is -0.506 e. The van der Waals surface area contributed by atoms with Gasteiger partial charge < -0.3 is 10.8 Å². The zero-order valence-corrected chi connectivity index (χ0v) is 11.1. The maximum Gasteiger partial charge on any atom is 0.134 e. The molecule has 0 fully saturated rings. The Hall–Kier alpha value is -1.35. The first-order valence-electron chi connectivity index (χ1n) is 4.85. The van der Waals surface area contributed by atoms with E-state index in [4.69, 9.17) is 11.0 Å². The zero-order valence-electron chi connectivity index (χ0n) is 8.72. The van der Waals surface area contributed by atoms with E-state index in [9.17, 15) is 5.11 Å². The number of phenols is 1. The van der Waals surface area contributed by atoms with Crippen LogP contribution in [0.3, 0.4) is 0 Å². The van der Waals surface area contributed by atoms with E-state index in [1.807, 2.05) is 23.6 Å². The maximum absolute atomic E-state index is 9.96. The zero-order chi connectivity index (χ0) is 12.4. The first-order valence-corrected chi connectivity index (χ1v) is 6.52. The Morgan fingerprint density at radius 3 is 2.82 bits per heavy atom. The molecule has 0 bridgehead atoms. The van der Waals surface area contributed by atoms with Crippen LogP contribution in [0, 0.1) is 11.3 Å². The maximum atomic E-state index is 9.96. The molecule has 2 aromatic rings. The van der Waals surface area contributed by atoms with Gasteiger partial charge >= 0.3 is 0 Å². The van der Waals surface area contributed by atoms with Gasteiger partial charge in [0.2, 0.25) is 0 Å². The van der Waals surface area contributed by atoms with E-state index < -0.39 is 6.04 Å². The number of hydrogen-bond acceptors (Lipinski definition) is 4. The van der Waals surface area contributed by atoms with Gasteiger partial charge in [0.25, 0.3) is 0 Å². The minimum absolute atomic E-state index is 0.0879. The molecule has 3 N–H and O–H groups in total. The van der Waals surface area contributed by atoms with Gasteiger partial charge in [-0.15, -0.1) is 11.3 Å². The topological polar surface area (TPSA) is 70.0 Å². The van der Waals surface area contributed by atoms with Crippen molar-refractivity contribution in [1.29, 1.82) is 5.26 Å². The summed E-state index contributed by atoms with van der Waals surface area (Å²) in [5, 5.41) is 20.8. The van der Waals surface area contributed by atoms with Gasteiger partial charge in [-0.25, -0.2) is 0 Å². The fraction of sp³-hybridized carbons (Fsp3) is 0.0833. The third kappa shape index (κ3) is 2.34. The number of nitrogens with two attached hydrogens (primary N) is 1. The Balaban J connectivity index is 2.52. The summed E-state index contributed by atoms with van der Waals surface area (Å²) in [7, 11) is 0. The van der Waals surface area contributed by atoms with Crippen molar-refractivity contribution < 1.29 is 5.11 Å². The molecule has 0 radical (unpaired) electrons. The van der Waals surface area contributed by atoms with Crippen LogP contribution >= 0.6 is 27.3 Å². The van der Waals surface area contributed by atoms with E-state index in [-0.39, 0.29) is 5.75 Å². The van der Waals surface area contributed by atoms with Crippen molar-refractivity contribution in [2.24, 2.45) is 5.73 Å². The van der Waals surface area contributed by atoms with E-state index >= 15 is 0 Å². The summed E-state index contributed by atoms with van der Waals surface area (Å²) >= 11 is 4.74. The van der Waals surface area contributed by atoms with Gasteiger partial charge in [-0.1, -0.05) is 6.07 Å². The van der Waals surface area contributed by atoms with E-state index in [0.717, 1.165) is 4.88 Å². The highest BCUT2D eigenvalue weighted by Crippen LogP contribution is 2.35. The molecule has 1 aromatic heterocycles. The van der Waals surface area contributed by atoms with Crippen LogP contribution in [0.25, 0.3) is 0 Å². The molecule has 0 saturated heterocycles. The molecule has 1 heterocycles. The van der Waals surface area contributed by atoms with Gasteiger partial charge in [0.1, 0.15) is 5.75 Å². The predicted molar refractivity (Wildman–Crippen MR) is 70.9 cm³/mol. The second-order valence-electron chi connectivity index (χ2n) is 3.50. The predicted octanol–water partition coefficient (Wildman–Crippen LogP) is 3.14. The summed E-state index contributed by atoms with van der Waals surface area (Å²) in [6.07, 6.45) is 0. The molecule has 86 valence electrons. The highest BCUT2D eigenvalue weighted by atomic mass is 79.9. The summed E-state index contributed by atoms with van der Waals surface area (Å²) in [5.41, 5.74) is 7.10. The lowest BCUT2D eigenvalue weighted by molar-refractivity contribution is 0.462. The standard InChI is InChI=1S/C12H9BrN2OS/c13-9-5-7(6-14)4-8(12(9)16)11(15)10-2-1-3-17-10/h1-5,11,16H,15H2/t11-/m0/s1. The molecule has 0 aliphatic heterocycles. The van der Waals surface area contributed by atoms with E-state index in [1.54, 1.807) is 12.1 Å².